The Bertz CT molecular complexity index is 1610. The van der Waals surface area contributed by atoms with Gasteiger partial charge >= 0.3 is 0 Å². The summed E-state index contributed by atoms with van der Waals surface area (Å²) < 4.78 is 0. The number of carbonyl (C=O) groups is 1. The van der Waals surface area contributed by atoms with Gasteiger partial charge in [-0.05, 0) is 105 Å². The number of pyridine rings is 1. The number of likely N-dealkylation sites (tertiary alicyclic amines) is 1. The van der Waals surface area contributed by atoms with Gasteiger partial charge in [0.15, 0.2) is 0 Å². The lowest BCUT2D eigenvalue weighted by molar-refractivity contribution is 0.0652. The second-order valence-electron chi connectivity index (χ2n) is 12.4. The molecule has 1 N–H and O–H groups in total. The molecule has 0 bridgehead atoms. The van der Waals surface area contributed by atoms with Crippen LogP contribution in [0.1, 0.15) is 50.9 Å². The van der Waals surface area contributed by atoms with Crippen molar-refractivity contribution < 1.29 is 4.79 Å². The van der Waals surface area contributed by atoms with E-state index in [1.165, 1.54) is 5.69 Å². The first-order valence-electron chi connectivity index (χ1n) is 14.9. The number of carbonyl (C=O) groups excluding carboxylic acids is 1. The van der Waals surface area contributed by atoms with Crippen LogP contribution in [-0.4, -0.2) is 65.0 Å². The number of piperazine rings is 1. The fourth-order valence-electron chi connectivity index (χ4n) is 6.39. The topological polar surface area (TPSA) is 59.7 Å². The van der Waals surface area contributed by atoms with Gasteiger partial charge in [-0.2, -0.15) is 0 Å². The molecule has 212 valence electrons. The molecular weight excluding hydrogens is 508 g/mol. The number of nitrogens with zero attached hydrogens (tertiary/aromatic N) is 3. The molecule has 2 saturated heterocycles. The molecule has 2 aliphatic heterocycles. The Hall–Kier alpha value is -3.90. The fourth-order valence-corrected chi connectivity index (χ4v) is 6.39. The summed E-state index contributed by atoms with van der Waals surface area (Å²) in [6, 6.07) is 25.0. The molecular formula is C35H40N4O2. The highest BCUT2D eigenvalue weighted by Gasteiger charge is 2.35. The van der Waals surface area contributed by atoms with Crippen molar-refractivity contribution in [1.29, 1.82) is 0 Å². The minimum Gasteiger partial charge on any atom is -0.369 e. The lowest BCUT2D eigenvalue weighted by Gasteiger charge is -2.38. The van der Waals surface area contributed by atoms with Gasteiger partial charge in [0.2, 0.25) is 0 Å². The second-order valence-corrected chi connectivity index (χ2v) is 12.4. The number of aromatic amines is 1. The van der Waals surface area contributed by atoms with E-state index in [9.17, 15) is 9.59 Å². The molecule has 6 heteroatoms. The number of amides is 1. The molecule has 3 aromatic carbocycles. The van der Waals surface area contributed by atoms with Gasteiger partial charge in [-0.15, -0.1) is 0 Å². The van der Waals surface area contributed by atoms with Crippen molar-refractivity contribution in [2.45, 2.75) is 52.1 Å². The van der Waals surface area contributed by atoms with E-state index in [0.717, 1.165) is 73.2 Å². The van der Waals surface area contributed by atoms with Gasteiger partial charge < -0.3 is 14.8 Å². The average Bonchev–Trinajstić information content (AvgIpc) is 3.35. The third-order valence-electron chi connectivity index (χ3n) is 9.04. The molecule has 0 aliphatic carbocycles. The quantitative estimate of drug-likeness (QED) is 0.313. The Balaban J connectivity index is 1.22. The molecule has 41 heavy (non-hydrogen) atoms. The number of H-pyrrole nitrogens is 1. The van der Waals surface area contributed by atoms with E-state index >= 15 is 0 Å². The fraction of sp³-hybridized carbons (Fsp3) is 0.371. The molecule has 2 fully saturated rings. The average molecular weight is 549 g/mol. The van der Waals surface area contributed by atoms with Gasteiger partial charge in [0.1, 0.15) is 0 Å². The lowest BCUT2D eigenvalue weighted by Crippen LogP contribution is -2.48. The Labute approximate surface area is 242 Å². The molecule has 1 amide bonds. The van der Waals surface area contributed by atoms with Gasteiger partial charge in [0.25, 0.3) is 11.5 Å². The zero-order valence-electron chi connectivity index (χ0n) is 24.6. The van der Waals surface area contributed by atoms with Crippen molar-refractivity contribution >= 4 is 22.5 Å². The molecule has 6 rings (SSSR count). The number of anilines is 1. The number of aromatic nitrogens is 1. The summed E-state index contributed by atoms with van der Waals surface area (Å²) in [5.41, 5.74) is 6.15. The smallest absolute Gasteiger partial charge is 0.256 e. The molecule has 0 radical (unpaired) electrons. The summed E-state index contributed by atoms with van der Waals surface area (Å²) in [5.74, 6) is 0.0555. The highest BCUT2D eigenvalue weighted by molar-refractivity contribution is 5.95. The van der Waals surface area contributed by atoms with Crippen LogP contribution in [-0.2, 0) is 0 Å². The van der Waals surface area contributed by atoms with E-state index in [1.807, 2.05) is 41.3 Å². The predicted octanol–water partition coefficient (Wildman–Crippen LogP) is 6.41. The normalized spacial score (nSPS) is 17.5. The van der Waals surface area contributed by atoms with Gasteiger partial charge in [0, 0.05) is 66.6 Å². The Kier molecular flexibility index (Phi) is 7.20. The summed E-state index contributed by atoms with van der Waals surface area (Å²) in [4.78, 5) is 36.1. The summed E-state index contributed by atoms with van der Waals surface area (Å²) in [7, 11) is 0. The minimum absolute atomic E-state index is 0.0555. The summed E-state index contributed by atoms with van der Waals surface area (Å²) in [6.45, 7) is 13.9. The Morgan fingerprint density at radius 1 is 0.805 bits per heavy atom. The van der Waals surface area contributed by atoms with Gasteiger partial charge in [-0.1, -0.05) is 30.3 Å². The number of hydrogen-bond donors (Lipinski definition) is 1. The van der Waals surface area contributed by atoms with Crippen LogP contribution in [0.15, 0.2) is 77.6 Å². The van der Waals surface area contributed by atoms with Crippen LogP contribution in [0.25, 0.3) is 33.2 Å². The highest BCUT2D eigenvalue weighted by atomic mass is 16.2. The van der Waals surface area contributed by atoms with Crippen LogP contribution in [0.2, 0.25) is 0 Å². The van der Waals surface area contributed by atoms with E-state index < -0.39 is 0 Å². The van der Waals surface area contributed by atoms with Crippen molar-refractivity contribution in [3.05, 3.63) is 88.7 Å². The molecule has 6 nitrogen and oxygen atoms in total. The minimum atomic E-state index is -0.132. The van der Waals surface area contributed by atoms with Gasteiger partial charge in [-0.3, -0.25) is 14.5 Å². The lowest BCUT2D eigenvalue weighted by atomic mass is 9.99. The number of benzene rings is 3. The van der Waals surface area contributed by atoms with Crippen LogP contribution in [0.4, 0.5) is 5.69 Å². The summed E-state index contributed by atoms with van der Waals surface area (Å²) in [6.07, 6.45) is 2.05. The molecule has 0 unspecified atom stereocenters. The van der Waals surface area contributed by atoms with E-state index in [0.29, 0.717) is 17.2 Å². The van der Waals surface area contributed by atoms with Crippen molar-refractivity contribution in [3.63, 3.8) is 0 Å². The predicted molar refractivity (Wildman–Crippen MR) is 169 cm³/mol. The summed E-state index contributed by atoms with van der Waals surface area (Å²) in [5, 5.41) is 0.977. The molecule has 1 aromatic heterocycles. The number of nitrogens with one attached hydrogen (secondary N) is 1. The van der Waals surface area contributed by atoms with Gasteiger partial charge in [-0.25, -0.2) is 0 Å². The van der Waals surface area contributed by atoms with E-state index in [1.54, 1.807) is 0 Å². The molecule has 2 aliphatic rings. The van der Waals surface area contributed by atoms with Crippen molar-refractivity contribution in [2.24, 2.45) is 0 Å². The van der Waals surface area contributed by atoms with Crippen LogP contribution in [0, 0.1) is 0 Å². The molecule has 4 aromatic rings. The zero-order valence-corrected chi connectivity index (χ0v) is 24.6. The number of rotatable bonds is 5. The monoisotopic (exact) mass is 548 g/mol. The molecule has 3 heterocycles. The first-order valence-corrected chi connectivity index (χ1v) is 14.9. The van der Waals surface area contributed by atoms with Crippen LogP contribution < -0.4 is 10.5 Å². The third kappa shape index (κ3) is 5.41. The Morgan fingerprint density at radius 3 is 2.10 bits per heavy atom. The van der Waals surface area contributed by atoms with Gasteiger partial charge in [0.05, 0.1) is 0 Å². The standard InChI is InChI=1S/C35H40N4O2/c1-24(2)37-18-20-38(21-19-37)30-13-10-25(11-14-30)28-12-15-32-29(22-28)23-31(33(40)36-32)26-6-8-27(9-7-26)34(41)39-17-5-16-35(39,3)4/h6-15,22-24H,5,16-21H2,1-4H3,(H,36,40). The van der Waals surface area contributed by atoms with E-state index in [-0.39, 0.29) is 17.0 Å². The van der Waals surface area contributed by atoms with Crippen molar-refractivity contribution in [2.75, 3.05) is 37.6 Å². The molecule has 0 atom stereocenters. The van der Waals surface area contributed by atoms with Crippen LogP contribution in [0.3, 0.4) is 0 Å². The number of fused-ring (bicyclic) bond motifs is 1. The SMILES string of the molecule is CC(C)N1CCN(c2ccc(-c3ccc4[nH]c(=O)c(-c5ccc(C(=O)N6CCCC6(C)C)cc5)cc4c3)cc2)CC1. The van der Waals surface area contributed by atoms with Crippen molar-refractivity contribution in [3.8, 4) is 22.3 Å². The second kappa shape index (κ2) is 10.8. The number of hydrogen-bond acceptors (Lipinski definition) is 4. The highest BCUT2D eigenvalue weighted by Crippen LogP contribution is 2.31. The first kappa shape index (κ1) is 27.3. The largest absolute Gasteiger partial charge is 0.369 e. The Morgan fingerprint density at radius 2 is 1.46 bits per heavy atom. The maximum atomic E-state index is 13.1. The summed E-state index contributed by atoms with van der Waals surface area (Å²) >= 11 is 0. The zero-order chi connectivity index (χ0) is 28.7. The molecule has 0 spiro atoms. The van der Waals surface area contributed by atoms with Crippen LogP contribution >= 0.6 is 0 Å². The van der Waals surface area contributed by atoms with Crippen molar-refractivity contribution in [1.82, 2.24) is 14.8 Å². The first-order chi connectivity index (χ1) is 19.7. The molecule has 0 saturated carbocycles. The van der Waals surface area contributed by atoms with E-state index in [2.05, 4.69) is 78.9 Å². The maximum Gasteiger partial charge on any atom is 0.256 e. The van der Waals surface area contributed by atoms with E-state index in [4.69, 9.17) is 0 Å². The third-order valence-corrected chi connectivity index (χ3v) is 9.04. The maximum absolute atomic E-state index is 13.1. The van der Waals surface area contributed by atoms with Crippen LogP contribution in [0.5, 0.6) is 0 Å².